The van der Waals surface area contributed by atoms with Crippen molar-refractivity contribution in [1.29, 1.82) is 0 Å². The van der Waals surface area contributed by atoms with E-state index in [1.165, 1.54) is 43.3 Å². The van der Waals surface area contributed by atoms with Gasteiger partial charge in [0, 0.05) is 43.8 Å². The van der Waals surface area contributed by atoms with Gasteiger partial charge in [0.1, 0.15) is 53.9 Å². The van der Waals surface area contributed by atoms with Gasteiger partial charge in [0.25, 0.3) is 5.91 Å². The average Bonchev–Trinajstić information content (AvgIpc) is 4.10. The van der Waals surface area contributed by atoms with Gasteiger partial charge in [0.15, 0.2) is 6.23 Å². The van der Waals surface area contributed by atoms with Crippen molar-refractivity contribution >= 4 is 41.4 Å². The van der Waals surface area contributed by atoms with E-state index < -0.39 is 146 Å². The molecule has 0 aromatic heterocycles. The van der Waals surface area contributed by atoms with Gasteiger partial charge in [-0.25, -0.2) is 0 Å². The Bertz CT molecular complexity index is 2840. The summed E-state index contributed by atoms with van der Waals surface area (Å²) < 4.78 is 5.84. The molecule has 3 saturated heterocycles. The third kappa shape index (κ3) is 15.1. The molecule has 13 N–H and O–H groups in total. The van der Waals surface area contributed by atoms with E-state index in [1.807, 2.05) is 48.5 Å². The SMILES string of the molecule is CCCCCOc1ccc(-c2ccc(-c3ccc(C(=O)N[C@H]4C[C@@H](O)[C@@H](O)NC(=O)[C@@H]5[C@@H](O)[C@@H](C)CN5C(=O)[C@H]([C@@H](C)O)NC(=O)[C@H]([C@H](O)Cc5ccc(O)cc5)NC(=O)[C@@H]5C[C@@H](O)CN5C(=O)[C@H]([C@@H](C)O)NC4=O)cc3)cc2)cc1. The number of aliphatic hydroxyl groups excluding tert-OH is 7. The number of phenols is 1. The predicted octanol–water partition coefficient (Wildman–Crippen LogP) is -0.418. The van der Waals surface area contributed by atoms with E-state index >= 15 is 0 Å². The van der Waals surface area contributed by atoms with E-state index in [1.54, 1.807) is 12.1 Å². The molecule has 7 amide bonds. The van der Waals surface area contributed by atoms with E-state index in [0.29, 0.717) is 12.2 Å². The van der Waals surface area contributed by atoms with Crippen LogP contribution in [0.25, 0.3) is 22.3 Å². The molecule has 3 aliphatic heterocycles. The normalized spacial score (nSPS) is 27.3. The van der Waals surface area contributed by atoms with Crippen LogP contribution < -0.4 is 31.3 Å². The number of aromatic hydroxyl groups is 1. The minimum atomic E-state index is -2.26. The van der Waals surface area contributed by atoms with Crippen molar-refractivity contribution in [3.05, 3.63) is 108 Å². The molecule has 3 fully saturated rings. The summed E-state index contributed by atoms with van der Waals surface area (Å²) in [6.07, 6.45) is -11.1. The van der Waals surface area contributed by atoms with E-state index in [2.05, 4.69) is 33.5 Å². The van der Waals surface area contributed by atoms with Crippen molar-refractivity contribution in [1.82, 2.24) is 36.4 Å². The van der Waals surface area contributed by atoms with Gasteiger partial charge in [0.2, 0.25) is 35.4 Å². The Hall–Kier alpha value is -7.51. The van der Waals surface area contributed by atoms with Gasteiger partial charge in [-0.05, 0) is 84.5 Å². The predicted molar refractivity (Wildman–Crippen MR) is 292 cm³/mol. The number of carbonyl (C=O) groups excluding carboxylic acids is 7. The smallest absolute Gasteiger partial charge is 0.251 e. The summed E-state index contributed by atoms with van der Waals surface area (Å²) in [7, 11) is 0. The zero-order chi connectivity index (χ0) is 58.8. The topological polar surface area (TPSA) is 357 Å². The van der Waals surface area contributed by atoms with Gasteiger partial charge in [-0.1, -0.05) is 87.4 Å². The summed E-state index contributed by atoms with van der Waals surface area (Å²) in [6.45, 7) is 5.67. The molecule has 0 unspecified atom stereocenters. The van der Waals surface area contributed by atoms with Gasteiger partial charge in [-0.15, -0.1) is 0 Å². The van der Waals surface area contributed by atoms with Crippen LogP contribution in [0.3, 0.4) is 0 Å². The van der Waals surface area contributed by atoms with Crippen LogP contribution in [0.5, 0.6) is 11.5 Å². The summed E-state index contributed by atoms with van der Waals surface area (Å²) in [6, 6.07) is 16.2. The molecule has 0 bridgehead atoms. The molecular formula is C58H73N7O16. The number of rotatable bonds is 14. The van der Waals surface area contributed by atoms with Crippen LogP contribution in [0.4, 0.5) is 0 Å². The number of phenolic OH excluding ortho intramolecular Hbond substituents is 1. The van der Waals surface area contributed by atoms with Gasteiger partial charge in [-0.3, -0.25) is 33.6 Å². The second kappa shape index (κ2) is 27.3. The second-order valence-electron chi connectivity index (χ2n) is 21.2. The number of nitrogens with zero attached hydrogens (tertiary/aromatic N) is 2. The molecule has 23 heteroatoms. The molecular weight excluding hydrogens is 1050 g/mol. The lowest BCUT2D eigenvalue weighted by atomic mass is 9.99. The monoisotopic (exact) mass is 1120 g/mol. The zero-order valence-corrected chi connectivity index (χ0v) is 45.4. The highest BCUT2D eigenvalue weighted by Gasteiger charge is 2.50. The number of amides is 7. The van der Waals surface area contributed by atoms with Crippen LogP contribution in [0, 0.1) is 5.92 Å². The third-order valence-corrected chi connectivity index (χ3v) is 14.9. The van der Waals surface area contributed by atoms with Gasteiger partial charge < -0.3 is 82.0 Å². The first-order chi connectivity index (χ1) is 38.5. The van der Waals surface area contributed by atoms with Crippen LogP contribution in [-0.4, -0.2) is 191 Å². The fraction of sp³-hybridized carbons (Fsp3) is 0.466. The van der Waals surface area contributed by atoms with Crippen LogP contribution in [0.15, 0.2) is 97.1 Å². The first-order valence-corrected chi connectivity index (χ1v) is 27.2. The van der Waals surface area contributed by atoms with Crippen molar-refractivity contribution in [2.24, 2.45) is 5.92 Å². The summed E-state index contributed by atoms with van der Waals surface area (Å²) in [5.74, 6) is -8.04. The first-order valence-electron chi connectivity index (χ1n) is 27.2. The Kier molecular flexibility index (Phi) is 20.6. The fourth-order valence-corrected chi connectivity index (χ4v) is 10.2. The number of nitrogens with one attached hydrogen (secondary N) is 5. The summed E-state index contributed by atoms with van der Waals surface area (Å²) in [5.41, 5.74) is 3.87. The molecule has 14 atom stereocenters. The lowest BCUT2D eigenvalue weighted by Crippen LogP contribution is -2.64. The molecule has 7 rings (SSSR count). The highest BCUT2D eigenvalue weighted by Crippen LogP contribution is 2.29. The molecule has 0 radical (unpaired) electrons. The maximum absolute atomic E-state index is 14.5. The zero-order valence-electron chi connectivity index (χ0n) is 45.4. The number of aliphatic hydroxyl groups is 7. The van der Waals surface area contributed by atoms with Gasteiger partial charge >= 0.3 is 0 Å². The van der Waals surface area contributed by atoms with Crippen molar-refractivity contribution in [2.45, 2.75) is 145 Å². The molecule has 23 nitrogen and oxygen atoms in total. The van der Waals surface area contributed by atoms with E-state index in [-0.39, 0.29) is 24.3 Å². The van der Waals surface area contributed by atoms with Crippen LogP contribution in [-0.2, 0) is 35.2 Å². The largest absolute Gasteiger partial charge is 0.508 e. The lowest BCUT2D eigenvalue weighted by molar-refractivity contribution is -0.148. The number of hydrogen-bond donors (Lipinski definition) is 13. The molecule has 81 heavy (non-hydrogen) atoms. The highest BCUT2D eigenvalue weighted by molar-refractivity contribution is 6.00. The summed E-state index contributed by atoms with van der Waals surface area (Å²) in [4.78, 5) is 102. The summed E-state index contributed by atoms with van der Waals surface area (Å²) >= 11 is 0. The molecule has 436 valence electrons. The molecule has 0 spiro atoms. The average molecular weight is 1120 g/mol. The number of ether oxygens (including phenoxy) is 1. The van der Waals surface area contributed by atoms with E-state index in [4.69, 9.17) is 4.74 Å². The maximum atomic E-state index is 14.5. The summed E-state index contributed by atoms with van der Waals surface area (Å²) in [5, 5.41) is 100. The number of benzene rings is 4. The molecule has 4 aromatic rings. The van der Waals surface area contributed by atoms with Crippen LogP contribution in [0.1, 0.15) is 75.7 Å². The Balaban J connectivity index is 1.17. The molecule has 3 aliphatic rings. The number of hydrogen-bond acceptors (Lipinski definition) is 16. The minimum absolute atomic E-state index is 0.0259. The lowest BCUT2D eigenvalue weighted by Gasteiger charge is -2.33. The Morgan fingerprint density at radius 2 is 1.17 bits per heavy atom. The van der Waals surface area contributed by atoms with Crippen molar-refractivity contribution in [3.8, 4) is 33.8 Å². The second-order valence-corrected chi connectivity index (χ2v) is 21.2. The number of unbranched alkanes of at least 4 members (excludes halogenated alkanes) is 2. The fourth-order valence-electron chi connectivity index (χ4n) is 10.2. The Morgan fingerprint density at radius 3 is 1.74 bits per heavy atom. The number of carbonyl (C=O) groups is 7. The van der Waals surface area contributed by atoms with Crippen LogP contribution >= 0.6 is 0 Å². The first kappa shape index (κ1) is 61.1. The molecule has 3 heterocycles. The quantitative estimate of drug-likeness (QED) is 0.0714. The molecule has 0 saturated carbocycles. The van der Waals surface area contributed by atoms with Crippen molar-refractivity contribution < 1.29 is 79.2 Å². The Labute approximate surface area is 468 Å². The van der Waals surface area contributed by atoms with E-state index in [0.717, 1.165) is 70.9 Å². The van der Waals surface area contributed by atoms with E-state index in [9.17, 15) is 74.4 Å². The van der Waals surface area contributed by atoms with Gasteiger partial charge in [-0.2, -0.15) is 0 Å². The molecule has 4 aromatic carbocycles. The van der Waals surface area contributed by atoms with Gasteiger partial charge in [0.05, 0.1) is 37.1 Å². The number of fused-ring (bicyclic) bond motifs is 2. The molecule has 0 aliphatic carbocycles. The van der Waals surface area contributed by atoms with Crippen LogP contribution in [0.2, 0.25) is 0 Å². The standard InChI is InChI=1S/C58H73N7O16/c1-5-6-7-24-81-41-22-18-37(19-23-41)35-12-10-34(11-13-35)36-14-16-38(17-15-36)51(73)59-42-27-45(71)54(76)63-56(78)49-50(72)30(2)28-65(49)58(80)47(32(4)67)61-55(77)48(44(70)25-33-8-20-39(68)21-9-33)62-53(75)43-26-40(69)29-64(43)57(79)46(31(3)66)60-52(42)74/h8-23,30-32,40,42-50,54,66-72,76H,5-7,24-29H2,1-4H3,(H,59,73)(H,60,74)(H,61,77)(H,62,75)(H,63,78)/t30-,31+,32+,40+,42-,43-,44+,45+,46-,47-,48-,49-,50-,54+/m0/s1. The Morgan fingerprint density at radius 1 is 0.642 bits per heavy atom. The minimum Gasteiger partial charge on any atom is -0.508 e. The highest BCUT2D eigenvalue weighted by atomic mass is 16.5. The maximum Gasteiger partial charge on any atom is 0.251 e. The van der Waals surface area contributed by atoms with Crippen molar-refractivity contribution in [3.63, 3.8) is 0 Å². The van der Waals surface area contributed by atoms with Crippen molar-refractivity contribution in [2.75, 3.05) is 19.7 Å². The third-order valence-electron chi connectivity index (χ3n) is 14.9.